The van der Waals surface area contributed by atoms with E-state index in [1.54, 1.807) is 20.8 Å². The van der Waals surface area contributed by atoms with E-state index in [4.69, 9.17) is 0 Å². The molecular formula is C16H18BrN5OS. The van der Waals surface area contributed by atoms with E-state index in [0.717, 1.165) is 25.6 Å². The Balaban J connectivity index is 1.67. The lowest BCUT2D eigenvalue weighted by Crippen LogP contribution is -2.26. The van der Waals surface area contributed by atoms with Crippen LogP contribution in [0.15, 0.2) is 22.2 Å². The summed E-state index contributed by atoms with van der Waals surface area (Å²) in [5.41, 5.74) is 2.96. The van der Waals surface area contributed by atoms with Gasteiger partial charge in [0.05, 0.1) is 10.3 Å². The molecule has 0 fully saturated rings. The van der Waals surface area contributed by atoms with Gasteiger partial charge >= 0.3 is 0 Å². The Morgan fingerprint density at radius 3 is 2.88 bits per heavy atom. The van der Waals surface area contributed by atoms with E-state index in [1.807, 2.05) is 33.0 Å². The number of hydrogen-bond donors (Lipinski definition) is 0. The standard InChI is InChI=1S/C16H18BrN5OS/c1-10-13(11(2)22-16(20-10)18-9-19-22)5-7-15(23)21(3)8-12-4-6-14(17)24-12/h4,6,9H,5,7-8H2,1-3H3. The number of aromatic nitrogens is 4. The first-order chi connectivity index (χ1) is 11.5. The summed E-state index contributed by atoms with van der Waals surface area (Å²) < 4.78 is 2.80. The van der Waals surface area contributed by atoms with E-state index in [2.05, 4.69) is 31.0 Å². The molecule has 0 aliphatic heterocycles. The summed E-state index contributed by atoms with van der Waals surface area (Å²) in [4.78, 5) is 23.9. The van der Waals surface area contributed by atoms with Gasteiger partial charge < -0.3 is 4.90 Å². The Morgan fingerprint density at radius 1 is 1.38 bits per heavy atom. The molecule has 3 heterocycles. The Labute approximate surface area is 152 Å². The minimum atomic E-state index is 0.122. The van der Waals surface area contributed by atoms with Crippen LogP contribution >= 0.6 is 27.3 Å². The minimum Gasteiger partial charge on any atom is -0.341 e. The molecule has 0 aliphatic carbocycles. The molecule has 0 saturated heterocycles. The highest BCUT2D eigenvalue weighted by Crippen LogP contribution is 2.23. The van der Waals surface area contributed by atoms with Crippen molar-refractivity contribution in [1.29, 1.82) is 0 Å². The third-order valence-electron chi connectivity index (χ3n) is 4.03. The zero-order valence-electron chi connectivity index (χ0n) is 13.8. The second kappa shape index (κ2) is 6.98. The number of thiophene rings is 1. The number of carbonyl (C=O) groups excluding carboxylic acids is 1. The molecule has 3 rings (SSSR count). The van der Waals surface area contributed by atoms with Gasteiger partial charge in [-0.05, 0) is 53.9 Å². The summed E-state index contributed by atoms with van der Waals surface area (Å²) in [6.45, 7) is 4.57. The lowest BCUT2D eigenvalue weighted by molar-refractivity contribution is -0.130. The van der Waals surface area contributed by atoms with Crippen LogP contribution in [0.1, 0.15) is 28.2 Å². The van der Waals surface area contributed by atoms with Crippen molar-refractivity contribution in [2.24, 2.45) is 0 Å². The molecule has 24 heavy (non-hydrogen) atoms. The zero-order chi connectivity index (χ0) is 17.3. The van der Waals surface area contributed by atoms with Crippen LogP contribution in [0.2, 0.25) is 0 Å². The molecule has 0 aromatic carbocycles. The maximum atomic E-state index is 12.4. The first-order valence-corrected chi connectivity index (χ1v) is 9.20. The zero-order valence-corrected chi connectivity index (χ0v) is 16.2. The highest BCUT2D eigenvalue weighted by atomic mass is 79.9. The molecule has 0 spiro atoms. The molecule has 3 aromatic rings. The Morgan fingerprint density at radius 2 is 2.17 bits per heavy atom. The van der Waals surface area contributed by atoms with Crippen molar-refractivity contribution in [2.75, 3.05) is 7.05 Å². The Kier molecular flexibility index (Phi) is 4.96. The van der Waals surface area contributed by atoms with Crippen LogP contribution in [-0.2, 0) is 17.8 Å². The normalized spacial score (nSPS) is 11.2. The predicted molar refractivity (Wildman–Crippen MR) is 97.1 cm³/mol. The van der Waals surface area contributed by atoms with Crippen LogP contribution in [-0.4, -0.2) is 37.4 Å². The van der Waals surface area contributed by atoms with Crippen molar-refractivity contribution >= 4 is 39.0 Å². The molecule has 0 N–H and O–H groups in total. The van der Waals surface area contributed by atoms with Crippen LogP contribution in [0, 0.1) is 13.8 Å². The molecule has 6 nitrogen and oxygen atoms in total. The van der Waals surface area contributed by atoms with E-state index in [9.17, 15) is 4.79 Å². The summed E-state index contributed by atoms with van der Waals surface area (Å²) in [7, 11) is 1.84. The summed E-state index contributed by atoms with van der Waals surface area (Å²) in [6.07, 6.45) is 2.60. The van der Waals surface area contributed by atoms with Gasteiger partial charge in [-0.3, -0.25) is 4.79 Å². The van der Waals surface area contributed by atoms with Crippen LogP contribution in [0.3, 0.4) is 0 Å². The molecule has 0 atom stereocenters. The average Bonchev–Trinajstić information content (AvgIpc) is 3.15. The van der Waals surface area contributed by atoms with Crippen LogP contribution in [0.25, 0.3) is 5.78 Å². The number of fused-ring (bicyclic) bond motifs is 1. The van der Waals surface area contributed by atoms with Crippen LogP contribution < -0.4 is 0 Å². The minimum absolute atomic E-state index is 0.122. The topological polar surface area (TPSA) is 63.4 Å². The summed E-state index contributed by atoms with van der Waals surface area (Å²) in [5, 5.41) is 4.19. The second-order valence-corrected chi connectivity index (χ2v) is 8.24. The molecule has 0 saturated carbocycles. The molecule has 0 unspecified atom stereocenters. The van der Waals surface area contributed by atoms with E-state index in [0.29, 0.717) is 25.2 Å². The van der Waals surface area contributed by atoms with Gasteiger partial charge in [-0.1, -0.05) is 0 Å². The monoisotopic (exact) mass is 407 g/mol. The Bertz CT molecular complexity index is 888. The first-order valence-electron chi connectivity index (χ1n) is 7.59. The third kappa shape index (κ3) is 3.49. The molecule has 0 bridgehead atoms. The molecule has 8 heteroatoms. The fraction of sp³-hybridized carbons (Fsp3) is 0.375. The first kappa shape index (κ1) is 17.0. The third-order valence-corrected chi connectivity index (χ3v) is 5.63. The quantitative estimate of drug-likeness (QED) is 0.651. The predicted octanol–water partition coefficient (Wildman–Crippen LogP) is 3.16. The van der Waals surface area contributed by atoms with Gasteiger partial charge in [0.1, 0.15) is 6.33 Å². The van der Waals surface area contributed by atoms with Gasteiger partial charge in [0.15, 0.2) is 0 Å². The van der Waals surface area contributed by atoms with E-state index in [-0.39, 0.29) is 5.91 Å². The van der Waals surface area contributed by atoms with Crippen molar-refractivity contribution in [3.8, 4) is 0 Å². The number of hydrogen-bond acceptors (Lipinski definition) is 5. The summed E-state index contributed by atoms with van der Waals surface area (Å²) >= 11 is 5.10. The smallest absolute Gasteiger partial charge is 0.252 e. The van der Waals surface area contributed by atoms with Gasteiger partial charge in [-0.2, -0.15) is 10.1 Å². The van der Waals surface area contributed by atoms with E-state index < -0.39 is 0 Å². The number of carbonyl (C=O) groups is 1. The number of amides is 1. The van der Waals surface area contributed by atoms with Gasteiger partial charge in [-0.15, -0.1) is 11.3 Å². The molecule has 1 amide bonds. The number of aryl methyl sites for hydroxylation is 2. The van der Waals surface area contributed by atoms with Gasteiger partial charge in [0, 0.05) is 29.7 Å². The van der Waals surface area contributed by atoms with Crippen LogP contribution in [0.4, 0.5) is 0 Å². The highest BCUT2D eigenvalue weighted by molar-refractivity contribution is 9.11. The van der Waals surface area contributed by atoms with E-state index in [1.165, 1.54) is 6.33 Å². The molecule has 0 aliphatic rings. The molecule has 3 aromatic heterocycles. The maximum absolute atomic E-state index is 12.4. The second-order valence-electron chi connectivity index (χ2n) is 5.69. The molecule has 0 radical (unpaired) electrons. The fourth-order valence-corrected chi connectivity index (χ4v) is 4.24. The molecule has 126 valence electrons. The molecular weight excluding hydrogens is 390 g/mol. The van der Waals surface area contributed by atoms with Gasteiger partial charge in [-0.25, -0.2) is 9.50 Å². The van der Waals surface area contributed by atoms with Crippen LogP contribution in [0.5, 0.6) is 0 Å². The largest absolute Gasteiger partial charge is 0.341 e. The number of halogens is 1. The average molecular weight is 408 g/mol. The van der Waals surface area contributed by atoms with Crippen molar-refractivity contribution in [2.45, 2.75) is 33.2 Å². The highest BCUT2D eigenvalue weighted by Gasteiger charge is 2.15. The van der Waals surface area contributed by atoms with Crippen molar-refractivity contribution in [3.05, 3.63) is 44.1 Å². The summed E-state index contributed by atoms with van der Waals surface area (Å²) in [6, 6.07) is 4.04. The van der Waals surface area contributed by atoms with Crippen molar-refractivity contribution in [1.82, 2.24) is 24.5 Å². The Hall–Kier alpha value is -1.80. The van der Waals surface area contributed by atoms with Gasteiger partial charge in [0.25, 0.3) is 5.78 Å². The maximum Gasteiger partial charge on any atom is 0.252 e. The lowest BCUT2D eigenvalue weighted by atomic mass is 10.1. The van der Waals surface area contributed by atoms with E-state index >= 15 is 0 Å². The number of nitrogens with zero attached hydrogens (tertiary/aromatic N) is 5. The summed E-state index contributed by atoms with van der Waals surface area (Å²) in [5.74, 6) is 0.720. The lowest BCUT2D eigenvalue weighted by Gasteiger charge is -2.17. The van der Waals surface area contributed by atoms with Gasteiger partial charge in [0.2, 0.25) is 5.91 Å². The number of rotatable bonds is 5. The SMILES string of the molecule is Cc1nc2ncnn2c(C)c1CCC(=O)N(C)Cc1ccc(Br)s1. The fourth-order valence-electron chi connectivity index (χ4n) is 2.70. The van der Waals surface area contributed by atoms with Crippen molar-refractivity contribution < 1.29 is 4.79 Å². The van der Waals surface area contributed by atoms with Crippen molar-refractivity contribution in [3.63, 3.8) is 0 Å².